The molecule has 0 saturated carbocycles. The topological polar surface area (TPSA) is 68.3 Å². The first kappa shape index (κ1) is 17.3. The van der Waals surface area contributed by atoms with Crippen LogP contribution < -0.4 is 11.1 Å². The monoisotopic (exact) mass is 308 g/mol. The van der Waals surface area contributed by atoms with Gasteiger partial charge in [0, 0.05) is 12.5 Å². The minimum absolute atomic E-state index is 0. The Hall–Kier alpha value is -1.78. The fourth-order valence-electron chi connectivity index (χ4n) is 2.15. The molecule has 1 aromatic heterocycles. The molecule has 0 saturated heterocycles. The van der Waals surface area contributed by atoms with Gasteiger partial charge in [0.05, 0.1) is 12.1 Å². The van der Waals surface area contributed by atoms with Gasteiger partial charge in [-0.2, -0.15) is 0 Å². The molecule has 21 heavy (non-hydrogen) atoms. The molecule has 2 aromatic rings. The van der Waals surface area contributed by atoms with Crippen LogP contribution in [0.1, 0.15) is 40.9 Å². The van der Waals surface area contributed by atoms with Gasteiger partial charge in [0.25, 0.3) is 5.91 Å². The van der Waals surface area contributed by atoms with E-state index in [1.807, 2.05) is 18.2 Å². The molecule has 1 aromatic carbocycles. The van der Waals surface area contributed by atoms with Gasteiger partial charge in [0.1, 0.15) is 12.0 Å². The molecule has 2 rings (SSSR count). The van der Waals surface area contributed by atoms with E-state index in [1.54, 1.807) is 6.07 Å². The van der Waals surface area contributed by atoms with Crippen molar-refractivity contribution in [1.29, 1.82) is 0 Å². The summed E-state index contributed by atoms with van der Waals surface area (Å²) in [5.74, 6) is 0.814. The fourth-order valence-corrected chi connectivity index (χ4v) is 2.15. The van der Waals surface area contributed by atoms with E-state index in [1.165, 1.54) is 11.8 Å². The van der Waals surface area contributed by atoms with Crippen molar-refractivity contribution in [3.63, 3.8) is 0 Å². The zero-order chi connectivity index (χ0) is 14.4. The fraction of sp³-hybridized carbons (Fsp3) is 0.312. The summed E-state index contributed by atoms with van der Waals surface area (Å²) in [4.78, 5) is 12.0. The Morgan fingerprint density at radius 2 is 2.05 bits per heavy atom. The second-order valence-electron chi connectivity index (χ2n) is 4.73. The molecule has 1 amide bonds. The third-order valence-corrected chi connectivity index (χ3v) is 3.39. The van der Waals surface area contributed by atoms with E-state index in [-0.39, 0.29) is 18.3 Å². The minimum atomic E-state index is -0.122. The third-order valence-electron chi connectivity index (χ3n) is 3.39. The number of amides is 1. The van der Waals surface area contributed by atoms with Crippen LogP contribution in [0.4, 0.5) is 0 Å². The van der Waals surface area contributed by atoms with Gasteiger partial charge in [0.2, 0.25) is 0 Å². The van der Waals surface area contributed by atoms with Gasteiger partial charge in [-0.05, 0) is 18.1 Å². The lowest BCUT2D eigenvalue weighted by atomic mass is 9.96. The molecule has 0 aliphatic heterocycles. The van der Waals surface area contributed by atoms with Gasteiger partial charge in [-0.25, -0.2) is 0 Å². The normalized spacial score (nSPS) is 11.5. The van der Waals surface area contributed by atoms with E-state index < -0.39 is 0 Å². The van der Waals surface area contributed by atoms with Crippen molar-refractivity contribution in [2.24, 2.45) is 5.73 Å². The molecule has 0 spiro atoms. The van der Waals surface area contributed by atoms with Crippen LogP contribution in [0.15, 0.2) is 47.1 Å². The lowest BCUT2D eigenvalue weighted by Crippen LogP contribution is -2.28. The van der Waals surface area contributed by atoms with Gasteiger partial charge >= 0.3 is 0 Å². The number of nitrogens with one attached hydrogen (secondary N) is 1. The van der Waals surface area contributed by atoms with E-state index in [0.717, 1.165) is 6.42 Å². The SMILES string of the molecule is CCC(CNC(=O)c1coc(CN)c1)c1ccccc1.Cl. The number of furan rings is 1. The summed E-state index contributed by atoms with van der Waals surface area (Å²) in [5, 5.41) is 2.95. The highest BCUT2D eigenvalue weighted by atomic mass is 35.5. The van der Waals surface area contributed by atoms with Crippen molar-refractivity contribution >= 4 is 18.3 Å². The van der Waals surface area contributed by atoms with Crippen LogP contribution >= 0.6 is 12.4 Å². The average Bonchev–Trinajstić information content (AvgIpc) is 2.98. The van der Waals surface area contributed by atoms with E-state index in [2.05, 4.69) is 24.4 Å². The van der Waals surface area contributed by atoms with Crippen molar-refractivity contribution in [2.45, 2.75) is 25.8 Å². The summed E-state index contributed by atoms with van der Waals surface area (Å²) in [7, 11) is 0. The van der Waals surface area contributed by atoms with Gasteiger partial charge in [-0.15, -0.1) is 12.4 Å². The maximum Gasteiger partial charge on any atom is 0.254 e. The number of carbonyl (C=O) groups excluding carboxylic acids is 1. The zero-order valence-electron chi connectivity index (χ0n) is 12.0. The van der Waals surface area contributed by atoms with E-state index in [0.29, 0.717) is 30.3 Å². The van der Waals surface area contributed by atoms with E-state index in [4.69, 9.17) is 10.2 Å². The van der Waals surface area contributed by atoms with Crippen molar-refractivity contribution in [2.75, 3.05) is 6.54 Å². The molecule has 0 bridgehead atoms. The van der Waals surface area contributed by atoms with Crippen molar-refractivity contribution in [3.05, 3.63) is 59.5 Å². The molecular formula is C16H21ClN2O2. The Morgan fingerprint density at radius 3 is 2.62 bits per heavy atom. The van der Waals surface area contributed by atoms with E-state index >= 15 is 0 Å². The zero-order valence-corrected chi connectivity index (χ0v) is 12.9. The van der Waals surface area contributed by atoms with Crippen LogP contribution in [0.5, 0.6) is 0 Å². The number of hydrogen-bond donors (Lipinski definition) is 2. The number of carbonyl (C=O) groups is 1. The largest absolute Gasteiger partial charge is 0.467 e. The average molecular weight is 309 g/mol. The molecule has 0 radical (unpaired) electrons. The Bertz CT molecular complexity index is 554. The second kappa shape index (κ2) is 8.49. The van der Waals surface area contributed by atoms with Crippen molar-refractivity contribution < 1.29 is 9.21 Å². The number of nitrogens with two attached hydrogens (primary N) is 1. The molecule has 0 aliphatic carbocycles. The van der Waals surface area contributed by atoms with Crippen LogP contribution in [-0.4, -0.2) is 12.5 Å². The maximum absolute atomic E-state index is 12.0. The Morgan fingerprint density at radius 1 is 1.33 bits per heavy atom. The predicted octanol–water partition coefficient (Wildman–Crippen LogP) is 3.08. The number of hydrogen-bond acceptors (Lipinski definition) is 3. The summed E-state index contributed by atoms with van der Waals surface area (Å²) >= 11 is 0. The molecule has 1 heterocycles. The lowest BCUT2D eigenvalue weighted by Gasteiger charge is -2.15. The third kappa shape index (κ3) is 4.62. The van der Waals surface area contributed by atoms with E-state index in [9.17, 15) is 4.79 Å². The Balaban J connectivity index is 0.00000220. The summed E-state index contributed by atoms with van der Waals surface area (Å²) in [6.45, 7) is 3.03. The standard InChI is InChI=1S/C16H20N2O2.ClH/c1-2-12(13-6-4-3-5-7-13)10-18-16(19)14-8-15(9-17)20-11-14;/h3-8,11-12H,2,9-10,17H2,1H3,(H,18,19);1H. The second-order valence-corrected chi connectivity index (χ2v) is 4.73. The molecule has 5 heteroatoms. The van der Waals surface area contributed by atoms with Crippen LogP contribution in [0, 0.1) is 0 Å². The summed E-state index contributed by atoms with van der Waals surface area (Å²) in [6.07, 6.45) is 2.42. The van der Waals surface area contributed by atoms with Gasteiger partial charge in [-0.1, -0.05) is 37.3 Å². The smallest absolute Gasteiger partial charge is 0.254 e. The summed E-state index contributed by atoms with van der Waals surface area (Å²) < 4.78 is 5.17. The first-order valence-corrected chi connectivity index (χ1v) is 6.85. The van der Waals surface area contributed by atoms with Crippen LogP contribution in [-0.2, 0) is 6.54 Å². The molecule has 0 fully saturated rings. The number of rotatable bonds is 6. The number of benzene rings is 1. The Kier molecular flexibility index (Phi) is 6.99. The van der Waals surface area contributed by atoms with Crippen LogP contribution in [0.2, 0.25) is 0 Å². The Labute approximate surface area is 131 Å². The van der Waals surface area contributed by atoms with Crippen LogP contribution in [0.25, 0.3) is 0 Å². The highest BCUT2D eigenvalue weighted by Crippen LogP contribution is 2.18. The molecule has 4 nitrogen and oxygen atoms in total. The molecule has 1 atom stereocenters. The van der Waals surface area contributed by atoms with Crippen LogP contribution in [0.3, 0.4) is 0 Å². The van der Waals surface area contributed by atoms with Gasteiger partial charge in [-0.3, -0.25) is 4.79 Å². The molecule has 0 aliphatic rings. The predicted molar refractivity (Wildman–Crippen MR) is 85.7 cm³/mol. The van der Waals surface area contributed by atoms with Gasteiger partial charge in [0.15, 0.2) is 0 Å². The van der Waals surface area contributed by atoms with Crippen molar-refractivity contribution in [1.82, 2.24) is 5.32 Å². The summed E-state index contributed by atoms with van der Waals surface area (Å²) in [6, 6.07) is 11.9. The molecule has 3 N–H and O–H groups in total. The quantitative estimate of drug-likeness (QED) is 0.861. The molecule has 1 unspecified atom stereocenters. The highest BCUT2D eigenvalue weighted by Gasteiger charge is 2.13. The first-order chi connectivity index (χ1) is 9.74. The summed E-state index contributed by atoms with van der Waals surface area (Å²) in [5.41, 5.74) is 7.22. The molecular weight excluding hydrogens is 288 g/mol. The van der Waals surface area contributed by atoms with Gasteiger partial charge < -0.3 is 15.5 Å². The van der Waals surface area contributed by atoms with Crippen molar-refractivity contribution in [3.8, 4) is 0 Å². The first-order valence-electron chi connectivity index (χ1n) is 6.85. The number of halogens is 1. The maximum atomic E-state index is 12.0. The lowest BCUT2D eigenvalue weighted by molar-refractivity contribution is 0.0950. The highest BCUT2D eigenvalue weighted by molar-refractivity contribution is 5.94. The molecule has 114 valence electrons. The minimum Gasteiger partial charge on any atom is -0.467 e.